The summed E-state index contributed by atoms with van der Waals surface area (Å²) in [5, 5.41) is 0. The first-order valence-corrected chi connectivity index (χ1v) is 5.80. The molecule has 1 heterocycles. The average molecular weight is 259 g/mol. The molecule has 19 heavy (non-hydrogen) atoms. The van der Waals surface area contributed by atoms with Crippen LogP contribution in [-0.2, 0) is 0 Å². The van der Waals surface area contributed by atoms with Gasteiger partial charge in [0, 0.05) is 26.8 Å². The molecule has 2 aromatic rings. The highest BCUT2D eigenvalue weighted by molar-refractivity contribution is 5.58. The molecule has 0 aliphatic rings. The molecule has 1 aromatic heterocycles. The van der Waals surface area contributed by atoms with Crippen molar-refractivity contribution in [1.82, 2.24) is 15.0 Å². The highest BCUT2D eigenvalue weighted by Crippen LogP contribution is 2.21. The Morgan fingerprint density at radius 2 is 1.58 bits per heavy atom. The van der Waals surface area contributed by atoms with E-state index in [1.54, 1.807) is 4.90 Å². The fourth-order valence-corrected chi connectivity index (χ4v) is 1.54. The van der Waals surface area contributed by atoms with Crippen molar-refractivity contribution in [2.75, 3.05) is 36.4 Å². The van der Waals surface area contributed by atoms with Crippen molar-refractivity contribution >= 4 is 23.5 Å². The second-order valence-corrected chi connectivity index (χ2v) is 4.19. The maximum absolute atomic E-state index is 5.39. The Hall–Kier alpha value is -2.41. The summed E-state index contributed by atoms with van der Waals surface area (Å²) in [4.78, 5) is 16.5. The van der Waals surface area contributed by atoms with Crippen LogP contribution in [0.25, 0.3) is 0 Å². The monoisotopic (exact) mass is 259 g/mol. The van der Waals surface area contributed by atoms with Gasteiger partial charge in [0.2, 0.25) is 17.8 Å². The van der Waals surface area contributed by atoms with E-state index in [9.17, 15) is 0 Å². The van der Waals surface area contributed by atoms with Gasteiger partial charge in [-0.2, -0.15) is 15.0 Å². The molecule has 0 saturated heterocycles. The van der Waals surface area contributed by atoms with Gasteiger partial charge in [0.15, 0.2) is 0 Å². The van der Waals surface area contributed by atoms with Crippen molar-refractivity contribution in [2.45, 2.75) is 0 Å². The van der Waals surface area contributed by atoms with Gasteiger partial charge in [-0.05, 0) is 12.1 Å². The van der Waals surface area contributed by atoms with Crippen LogP contribution in [0.1, 0.15) is 0 Å². The number of hydrazine groups is 1. The van der Waals surface area contributed by atoms with Crippen molar-refractivity contribution in [2.24, 2.45) is 5.84 Å². The third-order valence-corrected chi connectivity index (χ3v) is 2.58. The Morgan fingerprint density at radius 1 is 0.947 bits per heavy atom. The van der Waals surface area contributed by atoms with Crippen LogP contribution in [0.15, 0.2) is 30.3 Å². The van der Waals surface area contributed by atoms with E-state index in [-0.39, 0.29) is 0 Å². The minimum atomic E-state index is 0.330. The Balaban J connectivity index is 2.41. The van der Waals surface area contributed by atoms with Crippen molar-refractivity contribution in [3.05, 3.63) is 30.3 Å². The summed E-state index contributed by atoms with van der Waals surface area (Å²) in [5.74, 6) is 6.78. The number of nitrogens with zero attached hydrogens (tertiary/aromatic N) is 5. The second kappa shape index (κ2) is 5.49. The third kappa shape index (κ3) is 2.89. The quantitative estimate of drug-likeness (QED) is 0.625. The SMILES string of the molecule is CN(C)c1nc(NN)nc(N(C)c2ccccc2)n1. The molecule has 7 heteroatoms. The summed E-state index contributed by atoms with van der Waals surface area (Å²) in [6.45, 7) is 0. The first kappa shape index (κ1) is 13.0. The third-order valence-electron chi connectivity index (χ3n) is 2.58. The lowest BCUT2D eigenvalue weighted by Crippen LogP contribution is -2.21. The first-order valence-electron chi connectivity index (χ1n) is 5.80. The number of anilines is 4. The van der Waals surface area contributed by atoms with Crippen LogP contribution >= 0.6 is 0 Å². The molecule has 0 aliphatic carbocycles. The zero-order valence-electron chi connectivity index (χ0n) is 11.2. The first-order chi connectivity index (χ1) is 9.11. The topological polar surface area (TPSA) is 83.2 Å². The highest BCUT2D eigenvalue weighted by Gasteiger charge is 2.12. The fourth-order valence-electron chi connectivity index (χ4n) is 1.54. The zero-order valence-corrected chi connectivity index (χ0v) is 11.2. The molecule has 1 aromatic carbocycles. The molecule has 0 unspecified atom stereocenters. The lowest BCUT2D eigenvalue weighted by atomic mass is 10.3. The van der Waals surface area contributed by atoms with Gasteiger partial charge in [0.1, 0.15) is 0 Å². The molecule has 0 atom stereocenters. The summed E-state index contributed by atoms with van der Waals surface area (Å²) in [7, 11) is 5.62. The Labute approximate surface area is 112 Å². The molecule has 0 aliphatic heterocycles. The minimum Gasteiger partial charge on any atom is -0.347 e. The van der Waals surface area contributed by atoms with Gasteiger partial charge in [-0.15, -0.1) is 0 Å². The summed E-state index contributed by atoms with van der Waals surface area (Å²) in [5.41, 5.74) is 3.44. The number of hydrogen-bond acceptors (Lipinski definition) is 7. The highest BCUT2D eigenvalue weighted by atomic mass is 15.4. The van der Waals surface area contributed by atoms with E-state index in [4.69, 9.17) is 5.84 Å². The van der Waals surface area contributed by atoms with Crippen molar-refractivity contribution in [3.8, 4) is 0 Å². The largest absolute Gasteiger partial charge is 0.347 e. The lowest BCUT2D eigenvalue weighted by Gasteiger charge is -2.19. The van der Waals surface area contributed by atoms with Crippen LogP contribution in [0.2, 0.25) is 0 Å². The summed E-state index contributed by atoms with van der Waals surface area (Å²) in [6.07, 6.45) is 0. The molecule has 0 radical (unpaired) electrons. The van der Waals surface area contributed by atoms with Gasteiger partial charge in [-0.1, -0.05) is 18.2 Å². The number of rotatable bonds is 4. The van der Waals surface area contributed by atoms with Gasteiger partial charge in [-0.25, -0.2) is 5.84 Å². The number of benzene rings is 1. The predicted octanol–water partition coefficient (Wildman–Crippen LogP) is 0.991. The molecular formula is C12H17N7. The number of para-hydroxylation sites is 1. The summed E-state index contributed by atoms with van der Waals surface area (Å²) >= 11 is 0. The standard InChI is InChI=1S/C12H17N7/c1-18(2)11-14-10(17-13)15-12(16-11)19(3)9-7-5-4-6-8-9/h4-8H,13H2,1-3H3,(H,14,15,16,17). The van der Waals surface area contributed by atoms with Crippen LogP contribution in [0, 0.1) is 0 Å². The van der Waals surface area contributed by atoms with E-state index in [0.717, 1.165) is 5.69 Å². The van der Waals surface area contributed by atoms with Gasteiger partial charge in [-0.3, -0.25) is 5.43 Å². The van der Waals surface area contributed by atoms with E-state index in [2.05, 4.69) is 20.4 Å². The molecule has 2 rings (SSSR count). The van der Waals surface area contributed by atoms with Crippen LogP contribution in [0.3, 0.4) is 0 Å². The van der Waals surface area contributed by atoms with Crippen LogP contribution in [0.5, 0.6) is 0 Å². The maximum Gasteiger partial charge on any atom is 0.243 e. The van der Waals surface area contributed by atoms with E-state index in [1.807, 2.05) is 56.4 Å². The number of nitrogen functional groups attached to an aromatic ring is 1. The average Bonchev–Trinajstić information content (AvgIpc) is 2.46. The number of nitrogens with one attached hydrogen (secondary N) is 1. The number of nitrogens with two attached hydrogens (primary N) is 1. The Morgan fingerprint density at radius 3 is 2.16 bits per heavy atom. The van der Waals surface area contributed by atoms with Gasteiger partial charge in [0.25, 0.3) is 0 Å². The van der Waals surface area contributed by atoms with E-state index >= 15 is 0 Å². The smallest absolute Gasteiger partial charge is 0.243 e. The second-order valence-electron chi connectivity index (χ2n) is 4.19. The van der Waals surface area contributed by atoms with Crippen LogP contribution in [0.4, 0.5) is 23.5 Å². The van der Waals surface area contributed by atoms with Crippen molar-refractivity contribution in [1.29, 1.82) is 0 Å². The number of aromatic nitrogens is 3. The Kier molecular flexibility index (Phi) is 3.76. The predicted molar refractivity (Wildman–Crippen MR) is 76.5 cm³/mol. The molecule has 7 nitrogen and oxygen atoms in total. The normalized spacial score (nSPS) is 10.1. The molecule has 100 valence electrons. The zero-order chi connectivity index (χ0) is 13.8. The summed E-state index contributed by atoms with van der Waals surface area (Å²) < 4.78 is 0. The fraction of sp³-hybridized carbons (Fsp3) is 0.250. The molecule has 0 saturated carbocycles. The molecular weight excluding hydrogens is 242 g/mol. The van der Waals surface area contributed by atoms with E-state index in [1.165, 1.54) is 0 Å². The molecule has 0 bridgehead atoms. The Bertz CT molecular complexity index is 541. The minimum absolute atomic E-state index is 0.330. The lowest BCUT2D eigenvalue weighted by molar-refractivity contribution is 0.928. The van der Waals surface area contributed by atoms with Crippen LogP contribution in [-0.4, -0.2) is 36.1 Å². The summed E-state index contributed by atoms with van der Waals surface area (Å²) in [6, 6.07) is 9.84. The van der Waals surface area contributed by atoms with Crippen LogP contribution < -0.4 is 21.1 Å². The molecule has 0 amide bonds. The maximum atomic E-state index is 5.39. The molecule has 0 spiro atoms. The van der Waals surface area contributed by atoms with Crippen molar-refractivity contribution < 1.29 is 0 Å². The van der Waals surface area contributed by atoms with Gasteiger partial charge in [0.05, 0.1) is 0 Å². The van der Waals surface area contributed by atoms with Gasteiger partial charge < -0.3 is 9.80 Å². The number of hydrogen-bond donors (Lipinski definition) is 2. The van der Waals surface area contributed by atoms with E-state index in [0.29, 0.717) is 17.8 Å². The van der Waals surface area contributed by atoms with Crippen molar-refractivity contribution in [3.63, 3.8) is 0 Å². The van der Waals surface area contributed by atoms with Gasteiger partial charge >= 0.3 is 0 Å². The molecule has 3 N–H and O–H groups in total. The van der Waals surface area contributed by atoms with E-state index < -0.39 is 0 Å². The molecule has 0 fully saturated rings.